The van der Waals surface area contributed by atoms with E-state index in [1.54, 1.807) is 12.1 Å². The van der Waals surface area contributed by atoms with Gasteiger partial charge in [-0.1, -0.05) is 25.1 Å². The van der Waals surface area contributed by atoms with Crippen molar-refractivity contribution in [1.29, 1.82) is 0 Å². The van der Waals surface area contributed by atoms with Crippen LogP contribution in [-0.2, 0) is 0 Å². The first-order chi connectivity index (χ1) is 6.27. The summed E-state index contributed by atoms with van der Waals surface area (Å²) in [6.45, 7) is 1.95. The van der Waals surface area contributed by atoms with Gasteiger partial charge in [0, 0.05) is 0 Å². The molecule has 1 radical (unpaired) electrons. The predicted octanol–water partition coefficient (Wildman–Crippen LogP) is 2.64. The zero-order chi connectivity index (χ0) is 9.68. The summed E-state index contributed by atoms with van der Waals surface area (Å²) in [5.74, 6) is 0.665. The summed E-state index contributed by atoms with van der Waals surface area (Å²) in [7, 11) is 1.54. The molecule has 13 heavy (non-hydrogen) atoms. The van der Waals surface area contributed by atoms with Crippen LogP contribution in [0.2, 0.25) is 0 Å². The summed E-state index contributed by atoms with van der Waals surface area (Å²) in [5, 5.41) is 9.30. The molecule has 0 aliphatic heterocycles. The predicted molar refractivity (Wildman–Crippen MR) is 53.7 cm³/mol. The Morgan fingerprint density at radius 3 is 2.77 bits per heavy atom. The lowest BCUT2D eigenvalue weighted by atomic mass is 10.2. The van der Waals surface area contributed by atoms with Gasteiger partial charge in [0.05, 0.1) is 7.11 Å². The van der Waals surface area contributed by atoms with Crippen molar-refractivity contribution in [3.05, 3.63) is 36.3 Å². The highest BCUT2D eigenvalue weighted by atomic mass is 16.5. The van der Waals surface area contributed by atoms with Crippen LogP contribution in [0.25, 0.3) is 6.08 Å². The third-order valence-corrected chi connectivity index (χ3v) is 1.68. The molecule has 0 spiro atoms. The van der Waals surface area contributed by atoms with Gasteiger partial charge in [0.1, 0.15) is 0 Å². The second-order valence-corrected chi connectivity index (χ2v) is 2.62. The Balaban J connectivity index is 2.92. The third-order valence-electron chi connectivity index (χ3n) is 1.68. The molecule has 1 N–H and O–H groups in total. The van der Waals surface area contributed by atoms with Crippen molar-refractivity contribution in [2.75, 3.05) is 7.11 Å². The Morgan fingerprint density at radius 2 is 2.15 bits per heavy atom. The fraction of sp³-hybridized carbons (Fsp3) is 0.182. The minimum atomic E-state index is 0.167. The molecule has 2 nitrogen and oxygen atoms in total. The van der Waals surface area contributed by atoms with Gasteiger partial charge in [0.15, 0.2) is 11.5 Å². The maximum Gasteiger partial charge on any atom is 0.161 e. The highest BCUT2D eigenvalue weighted by molar-refractivity contribution is 5.56. The lowest BCUT2D eigenvalue weighted by Gasteiger charge is -2.03. The molecule has 1 aromatic rings. The largest absolute Gasteiger partial charge is 0.504 e. The first kappa shape index (κ1) is 9.65. The summed E-state index contributed by atoms with van der Waals surface area (Å²) in [5.41, 5.74) is 1.01. The standard InChI is InChI=1S/C11H13O2/c1-3-4-5-9-6-7-10(12)11(8-9)13-2/h3-8,12H,1-2H3/b5-4+. The maximum absolute atomic E-state index is 9.30. The molecule has 1 rings (SSSR count). The van der Waals surface area contributed by atoms with Crippen molar-refractivity contribution in [2.45, 2.75) is 6.92 Å². The summed E-state index contributed by atoms with van der Waals surface area (Å²) in [6, 6.07) is 5.24. The quantitative estimate of drug-likeness (QED) is 0.769. The van der Waals surface area contributed by atoms with Crippen LogP contribution in [0, 0.1) is 6.42 Å². The van der Waals surface area contributed by atoms with Crippen molar-refractivity contribution >= 4 is 6.08 Å². The first-order valence-corrected chi connectivity index (χ1v) is 4.11. The van der Waals surface area contributed by atoms with Crippen molar-refractivity contribution in [2.24, 2.45) is 0 Å². The molecule has 0 amide bonds. The number of benzene rings is 1. The first-order valence-electron chi connectivity index (χ1n) is 4.11. The van der Waals surface area contributed by atoms with Crippen molar-refractivity contribution in [1.82, 2.24) is 0 Å². The molecule has 0 aliphatic rings. The number of phenolic OH excluding ortho intramolecular Hbond substituents is 1. The smallest absolute Gasteiger partial charge is 0.161 e. The highest BCUT2D eigenvalue weighted by Gasteiger charge is 1.99. The number of ether oxygens (including phenoxy) is 1. The van der Waals surface area contributed by atoms with E-state index in [9.17, 15) is 5.11 Å². The molecule has 2 heteroatoms. The number of allylic oxidation sites excluding steroid dienone is 1. The van der Waals surface area contributed by atoms with Crippen LogP contribution in [0.15, 0.2) is 24.3 Å². The summed E-state index contributed by atoms with van der Waals surface area (Å²) >= 11 is 0. The summed E-state index contributed by atoms with van der Waals surface area (Å²) in [6.07, 6.45) is 5.83. The van der Waals surface area contributed by atoms with Crippen LogP contribution < -0.4 is 4.74 Å². The van der Waals surface area contributed by atoms with Crippen LogP contribution in [-0.4, -0.2) is 12.2 Å². The number of aromatic hydroxyl groups is 1. The molecular formula is C11H13O2. The van der Waals surface area contributed by atoms with Gasteiger partial charge in [-0.15, -0.1) is 0 Å². The zero-order valence-electron chi connectivity index (χ0n) is 7.82. The fourth-order valence-electron chi connectivity index (χ4n) is 1.01. The Bertz CT molecular complexity index is 303. The molecule has 0 atom stereocenters. The molecule has 0 heterocycles. The van der Waals surface area contributed by atoms with Gasteiger partial charge < -0.3 is 9.84 Å². The molecule has 0 unspecified atom stereocenters. The second kappa shape index (κ2) is 4.55. The fourth-order valence-corrected chi connectivity index (χ4v) is 1.01. The van der Waals surface area contributed by atoms with Crippen LogP contribution >= 0.6 is 0 Å². The Morgan fingerprint density at radius 1 is 1.38 bits per heavy atom. The van der Waals surface area contributed by atoms with E-state index in [4.69, 9.17) is 4.74 Å². The molecule has 0 aromatic heterocycles. The lowest BCUT2D eigenvalue weighted by molar-refractivity contribution is 0.373. The van der Waals surface area contributed by atoms with E-state index in [0.717, 1.165) is 5.56 Å². The molecule has 0 fully saturated rings. The van der Waals surface area contributed by atoms with Crippen LogP contribution in [0.1, 0.15) is 12.5 Å². The van der Waals surface area contributed by atoms with Gasteiger partial charge in [0.25, 0.3) is 0 Å². The summed E-state index contributed by atoms with van der Waals surface area (Å²) < 4.78 is 4.97. The van der Waals surface area contributed by atoms with E-state index in [2.05, 4.69) is 0 Å². The highest BCUT2D eigenvalue weighted by Crippen LogP contribution is 2.26. The Labute approximate surface area is 78.5 Å². The van der Waals surface area contributed by atoms with Crippen LogP contribution in [0.4, 0.5) is 0 Å². The monoisotopic (exact) mass is 177 g/mol. The van der Waals surface area contributed by atoms with E-state index >= 15 is 0 Å². The number of methoxy groups -OCH3 is 1. The second-order valence-electron chi connectivity index (χ2n) is 2.62. The molecule has 69 valence electrons. The summed E-state index contributed by atoms with van der Waals surface area (Å²) in [4.78, 5) is 0. The molecular weight excluding hydrogens is 164 g/mol. The van der Waals surface area contributed by atoms with Gasteiger partial charge in [0.2, 0.25) is 0 Å². The number of rotatable bonds is 3. The van der Waals surface area contributed by atoms with E-state index in [-0.39, 0.29) is 5.75 Å². The normalized spacial score (nSPS) is 10.6. The van der Waals surface area contributed by atoms with Gasteiger partial charge in [-0.05, 0) is 24.1 Å². The van der Waals surface area contributed by atoms with Gasteiger partial charge in [-0.3, -0.25) is 0 Å². The third kappa shape index (κ3) is 2.51. The van der Waals surface area contributed by atoms with E-state index in [1.807, 2.05) is 31.6 Å². The number of hydrogen-bond donors (Lipinski definition) is 1. The van der Waals surface area contributed by atoms with E-state index in [1.165, 1.54) is 7.11 Å². The molecule has 0 bridgehead atoms. The van der Waals surface area contributed by atoms with Crippen molar-refractivity contribution < 1.29 is 9.84 Å². The Hall–Kier alpha value is -1.44. The van der Waals surface area contributed by atoms with Crippen molar-refractivity contribution in [3.8, 4) is 11.5 Å². The van der Waals surface area contributed by atoms with E-state index < -0.39 is 0 Å². The minimum absolute atomic E-state index is 0.167. The zero-order valence-corrected chi connectivity index (χ0v) is 7.82. The minimum Gasteiger partial charge on any atom is -0.504 e. The van der Waals surface area contributed by atoms with Gasteiger partial charge >= 0.3 is 0 Å². The molecule has 0 saturated carbocycles. The number of hydrogen-bond acceptors (Lipinski definition) is 2. The lowest BCUT2D eigenvalue weighted by Crippen LogP contribution is -1.83. The Kier molecular flexibility index (Phi) is 3.38. The molecule has 1 aromatic carbocycles. The van der Waals surface area contributed by atoms with Gasteiger partial charge in [-0.2, -0.15) is 0 Å². The van der Waals surface area contributed by atoms with Crippen LogP contribution in [0.3, 0.4) is 0 Å². The molecule has 0 aliphatic carbocycles. The average molecular weight is 177 g/mol. The maximum atomic E-state index is 9.30. The molecule has 0 saturated heterocycles. The van der Waals surface area contributed by atoms with E-state index in [0.29, 0.717) is 5.75 Å². The average Bonchev–Trinajstić information content (AvgIpc) is 2.16. The van der Waals surface area contributed by atoms with Gasteiger partial charge in [-0.25, -0.2) is 0 Å². The van der Waals surface area contributed by atoms with Crippen LogP contribution in [0.5, 0.6) is 11.5 Å². The topological polar surface area (TPSA) is 29.5 Å². The SMILES string of the molecule is C[CH]/C=C/c1ccc(O)c(OC)c1. The van der Waals surface area contributed by atoms with Crippen molar-refractivity contribution in [3.63, 3.8) is 0 Å². The number of phenols is 1.